The van der Waals surface area contributed by atoms with Crippen LogP contribution in [0.2, 0.25) is 0 Å². The van der Waals surface area contributed by atoms with Crippen LogP contribution < -0.4 is 16.0 Å². The Morgan fingerprint density at radius 3 is 2.54 bits per heavy atom. The van der Waals surface area contributed by atoms with Gasteiger partial charge in [-0.15, -0.1) is 0 Å². The van der Waals surface area contributed by atoms with E-state index < -0.39 is 41.0 Å². The molecule has 0 spiro atoms. The molecule has 1 saturated heterocycles. The van der Waals surface area contributed by atoms with Crippen molar-refractivity contribution < 1.29 is 28.3 Å². The number of carbonyl (C=O) groups excluding carboxylic acids is 4. The zero-order chi connectivity index (χ0) is 28.2. The number of ether oxygens (including phenoxy) is 1. The minimum absolute atomic E-state index is 0.181. The van der Waals surface area contributed by atoms with Gasteiger partial charge < -0.3 is 25.6 Å². The van der Waals surface area contributed by atoms with E-state index in [0.717, 1.165) is 25.7 Å². The summed E-state index contributed by atoms with van der Waals surface area (Å²) in [4.78, 5) is 54.7. The molecule has 3 N–H and O–H groups in total. The van der Waals surface area contributed by atoms with Crippen LogP contribution in [0.5, 0.6) is 0 Å². The Morgan fingerprint density at radius 2 is 1.82 bits per heavy atom. The molecule has 39 heavy (non-hydrogen) atoms. The van der Waals surface area contributed by atoms with Crippen LogP contribution in [0.3, 0.4) is 0 Å². The van der Waals surface area contributed by atoms with Crippen molar-refractivity contribution in [2.24, 2.45) is 5.92 Å². The molecule has 4 atom stereocenters. The molecule has 0 radical (unpaired) electrons. The van der Waals surface area contributed by atoms with Crippen molar-refractivity contribution in [2.75, 3.05) is 11.9 Å². The summed E-state index contributed by atoms with van der Waals surface area (Å²) in [6.45, 7) is 5.66. The number of hydrogen-bond acceptors (Lipinski definition) is 5. The second kappa shape index (κ2) is 11.8. The Kier molecular flexibility index (Phi) is 8.61. The fourth-order valence-electron chi connectivity index (χ4n) is 5.32. The standard InChI is InChI=1S/C29H39FN4O5/c1-28(2,3)39-27(38)32-22-11-8-6-4-5-7-10-19-18-29(19,26(37)31-21-15-13-20(30)14-16-21)33-24(35)23-12-9-17-34(23)25(22)36/h7,10,13-16,19,22-23H,4-6,8-9,11-12,17-18H2,1-3H3,(H,31,37)(H,32,38)(H,33,35)/b10-7-/t19?,22-,23-,29+/m0/s1. The zero-order valence-corrected chi connectivity index (χ0v) is 22.9. The van der Waals surface area contributed by atoms with Crippen LogP contribution >= 0.6 is 0 Å². The lowest BCUT2D eigenvalue weighted by atomic mass is 10.0. The van der Waals surface area contributed by atoms with Gasteiger partial charge in [0.1, 0.15) is 29.0 Å². The minimum Gasteiger partial charge on any atom is -0.444 e. The maximum atomic E-state index is 13.6. The van der Waals surface area contributed by atoms with Gasteiger partial charge in [-0.2, -0.15) is 0 Å². The molecule has 0 bridgehead atoms. The van der Waals surface area contributed by atoms with Gasteiger partial charge in [0.15, 0.2) is 0 Å². The maximum absolute atomic E-state index is 13.6. The number of benzene rings is 1. The Labute approximate surface area is 228 Å². The van der Waals surface area contributed by atoms with E-state index in [9.17, 15) is 23.6 Å². The van der Waals surface area contributed by atoms with E-state index in [-0.39, 0.29) is 17.7 Å². The average molecular weight is 543 g/mol. The first kappa shape index (κ1) is 28.6. The number of fused-ring (bicyclic) bond motifs is 2. The van der Waals surface area contributed by atoms with Crippen LogP contribution in [0.25, 0.3) is 0 Å². The normalized spacial score (nSPS) is 28.6. The molecule has 2 aliphatic heterocycles. The quantitative estimate of drug-likeness (QED) is 0.499. The molecule has 2 heterocycles. The average Bonchev–Trinajstić information content (AvgIpc) is 3.32. The summed E-state index contributed by atoms with van der Waals surface area (Å²) in [7, 11) is 0. The molecule has 1 aromatic rings. The molecule has 1 aromatic carbocycles. The number of nitrogens with one attached hydrogen (secondary N) is 3. The minimum atomic E-state index is -1.15. The predicted molar refractivity (Wildman–Crippen MR) is 144 cm³/mol. The number of anilines is 1. The summed E-state index contributed by atoms with van der Waals surface area (Å²) in [5.74, 6) is -1.67. The molecular formula is C29H39FN4O5. The number of amides is 4. The summed E-state index contributed by atoms with van der Waals surface area (Å²) < 4.78 is 18.7. The SMILES string of the molecule is CC(C)(C)OC(=O)N[C@H]1CCCCC/C=C\C2C[C@@]2(C(=O)Nc2ccc(F)cc2)NC(=O)[C@@H]2CCCN2C1=O. The Hall–Kier alpha value is -3.43. The molecular weight excluding hydrogens is 503 g/mol. The third-order valence-corrected chi connectivity index (χ3v) is 7.43. The second-order valence-corrected chi connectivity index (χ2v) is 11.7. The Balaban J connectivity index is 1.54. The highest BCUT2D eigenvalue weighted by atomic mass is 19.1. The van der Waals surface area contributed by atoms with Crippen LogP contribution in [0.15, 0.2) is 36.4 Å². The number of halogens is 1. The number of hydrogen-bond donors (Lipinski definition) is 3. The number of rotatable bonds is 3. The summed E-state index contributed by atoms with van der Waals surface area (Å²) in [5.41, 5.74) is -1.42. The van der Waals surface area contributed by atoms with Gasteiger partial charge in [-0.25, -0.2) is 9.18 Å². The van der Waals surface area contributed by atoms with Crippen molar-refractivity contribution in [1.29, 1.82) is 0 Å². The molecule has 0 aromatic heterocycles. The van der Waals surface area contributed by atoms with Crippen molar-refractivity contribution in [3.05, 3.63) is 42.2 Å². The molecule has 2 fully saturated rings. The fraction of sp³-hybridized carbons (Fsp3) is 0.586. The smallest absolute Gasteiger partial charge is 0.408 e. The van der Waals surface area contributed by atoms with Crippen LogP contribution in [-0.2, 0) is 19.1 Å². The second-order valence-electron chi connectivity index (χ2n) is 11.7. The van der Waals surface area contributed by atoms with Gasteiger partial charge in [-0.1, -0.05) is 25.0 Å². The Morgan fingerprint density at radius 1 is 1.08 bits per heavy atom. The number of alkyl carbamates (subject to hydrolysis) is 1. The molecule has 1 unspecified atom stereocenters. The predicted octanol–water partition coefficient (Wildman–Crippen LogP) is 4.04. The van der Waals surface area contributed by atoms with Crippen LogP contribution in [-0.4, -0.2) is 58.5 Å². The van der Waals surface area contributed by atoms with E-state index in [2.05, 4.69) is 16.0 Å². The molecule has 9 nitrogen and oxygen atoms in total. The van der Waals surface area contributed by atoms with Gasteiger partial charge in [0.2, 0.25) is 11.8 Å². The van der Waals surface area contributed by atoms with E-state index in [1.807, 2.05) is 12.2 Å². The topological polar surface area (TPSA) is 117 Å². The van der Waals surface area contributed by atoms with E-state index in [1.165, 1.54) is 29.2 Å². The van der Waals surface area contributed by atoms with Gasteiger partial charge in [0.05, 0.1) is 0 Å². The van der Waals surface area contributed by atoms with Gasteiger partial charge in [-0.05, 0) is 83.6 Å². The monoisotopic (exact) mass is 542 g/mol. The lowest BCUT2D eigenvalue weighted by Crippen LogP contribution is -2.57. The molecule has 4 rings (SSSR count). The summed E-state index contributed by atoms with van der Waals surface area (Å²) in [5, 5.41) is 8.50. The highest BCUT2D eigenvalue weighted by molar-refractivity contribution is 6.04. The van der Waals surface area contributed by atoms with Crippen molar-refractivity contribution in [3.63, 3.8) is 0 Å². The van der Waals surface area contributed by atoms with Crippen molar-refractivity contribution in [2.45, 2.75) is 95.4 Å². The van der Waals surface area contributed by atoms with Gasteiger partial charge in [-0.3, -0.25) is 14.4 Å². The van der Waals surface area contributed by atoms with Crippen LogP contribution in [0, 0.1) is 11.7 Å². The van der Waals surface area contributed by atoms with Crippen molar-refractivity contribution in [3.8, 4) is 0 Å². The van der Waals surface area contributed by atoms with Crippen molar-refractivity contribution >= 4 is 29.5 Å². The highest BCUT2D eigenvalue weighted by Crippen LogP contribution is 2.46. The third kappa shape index (κ3) is 7.16. The number of carbonyl (C=O) groups is 4. The zero-order valence-electron chi connectivity index (χ0n) is 22.9. The van der Waals surface area contributed by atoms with E-state index in [1.54, 1.807) is 20.8 Å². The number of allylic oxidation sites excluding steroid dienone is 1. The van der Waals surface area contributed by atoms with E-state index in [4.69, 9.17) is 4.74 Å². The van der Waals surface area contributed by atoms with E-state index in [0.29, 0.717) is 37.9 Å². The summed E-state index contributed by atoms with van der Waals surface area (Å²) in [6, 6.07) is 3.92. The van der Waals surface area contributed by atoms with Crippen LogP contribution in [0.1, 0.15) is 72.1 Å². The maximum Gasteiger partial charge on any atom is 0.408 e. The lowest BCUT2D eigenvalue weighted by molar-refractivity contribution is -0.141. The first-order chi connectivity index (χ1) is 18.5. The lowest BCUT2D eigenvalue weighted by Gasteiger charge is -2.30. The molecule has 3 aliphatic rings. The van der Waals surface area contributed by atoms with Crippen LogP contribution in [0.4, 0.5) is 14.9 Å². The first-order valence-corrected chi connectivity index (χ1v) is 13.8. The summed E-state index contributed by atoms with van der Waals surface area (Å²) >= 11 is 0. The Bertz CT molecular complexity index is 1120. The molecule has 1 aliphatic carbocycles. The summed E-state index contributed by atoms with van der Waals surface area (Å²) in [6.07, 6.45) is 8.63. The molecule has 10 heteroatoms. The van der Waals surface area contributed by atoms with Crippen molar-refractivity contribution in [1.82, 2.24) is 15.5 Å². The first-order valence-electron chi connectivity index (χ1n) is 13.8. The van der Waals surface area contributed by atoms with E-state index >= 15 is 0 Å². The van der Waals surface area contributed by atoms with Gasteiger partial charge in [0, 0.05) is 18.2 Å². The largest absolute Gasteiger partial charge is 0.444 e. The molecule has 212 valence electrons. The van der Waals surface area contributed by atoms with Gasteiger partial charge in [0.25, 0.3) is 5.91 Å². The molecule has 1 saturated carbocycles. The molecule has 4 amide bonds. The third-order valence-electron chi connectivity index (χ3n) is 7.43. The number of nitrogens with zero attached hydrogens (tertiary/aromatic N) is 1. The fourth-order valence-corrected chi connectivity index (χ4v) is 5.32. The van der Waals surface area contributed by atoms with Gasteiger partial charge >= 0.3 is 6.09 Å². The highest BCUT2D eigenvalue weighted by Gasteiger charge is 2.60.